The Labute approximate surface area is 91.3 Å². The van der Waals surface area contributed by atoms with Crippen molar-refractivity contribution in [1.82, 2.24) is 4.98 Å². The van der Waals surface area contributed by atoms with E-state index in [0.29, 0.717) is 0 Å². The number of hydrogen-bond donors (Lipinski definition) is 0. The van der Waals surface area contributed by atoms with Crippen LogP contribution in [-0.4, -0.2) is 23.7 Å². The van der Waals surface area contributed by atoms with Crippen LogP contribution < -0.4 is 0 Å². The molecule has 0 saturated heterocycles. The minimum absolute atomic E-state index is 0.0189. The molecule has 0 spiro atoms. The maximum absolute atomic E-state index is 11.3. The Balaban J connectivity index is 0.000000315. The summed E-state index contributed by atoms with van der Waals surface area (Å²) in [5, 5.41) is 0. The summed E-state index contributed by atoms with van der Waals surface area (Å²) in [4.78, 5) is 13.9. The summed E-state index contributed by atoms with van der Waals surface area (Å²) in [6, 6.07) is 5.72. The van der Waals surface area contributed by atoms with E-state index in [1.54, 1.807) is 12.4 Å². The number of alkyl halides is 3. The van der Waals surface area contributed by atoms with Crippen molar-refractivity contribution in [3.63, 3.8) is 0 Å². The highest BCUT2D eigenvalue weighted by Gasteiger charge is 2.31. The molecule has 0 fully saturated rings. The highest BCUT2D eigenvalue weighted by atomic mass is 19.4. The van der Waals surface area contributed by atoms with Crippen LogP contribution in [0, 0.1) is 0 Å². The third-order valence-electron chi connectivity index (χ3n) is 1.22. The van der Waals surface area contributed by atoms with E-state index in [4.69, 9.17) is 0 Å². The minimum atomic E-state index is -4.45. The minimum Gasteiger partial charge on any atom is -0.466 e. The first-order chi connectivity index (χ1) is 7.45. The average molecular weight is 235 g/mol. The molecule has 16 heavy (non-hydrogen) atoms. The summed E-state index contributed by atoms with van der Waals surface area (Å²) >= 11 is 0. The fourth-order valence-electron chi connectivity index (χ4n) is 0.688. The Hall–Kier alpha value is -1.59. The van der Waals surface area contributed by atoms with E-state index in [9.17, 15) is 18.0 Å². The lowest BCUT2D eigenvalue weighted by atomic mass is 10.4. The first-order valence-corrected chi connectivity index (χ1v) is 4.53. The smallest absolute Gasteiger partial charge is 0.399 e. The molecule has 3 nitrogen and oxygen atoms in total. The average Bonchev–Trinajstić information content (AvgIpc) is 2.19. The summed E-state index contributed by atoms with van der Waals surface area (Å²) < 4.78 is 38.0. The van der Waals surface area contributed by atoms with Gasteiger partial charge in [-0.05, 0) is 19.1 Å². The first kappa shape index (κ1) is 14.4. The normalized spacial score (nSPS) is 10.0. The molecular weight excluding hydrogens is 223 g/mol. The Morgan fingerprint density at radius 3 is 2.06 bits per heavy atom. The summed E-state index contributed by atoms with van der Waals surface area (Å²) in [7, 11) is 0. The van der Waals surface area contributed by atoms with Crippen LogP contribution in [0.2, 0.25) is 0 Å². The third-order valence-corrected chi connectivity index (χ3v) is 1.22. The van der Waals surface area contributed by atoms with Crippen LogP contribution in [0.3, 0.4) is 0 Å². The molecule has 90 valence electrons. The topological polar surface area (TPSA) is 39.2 Å². The molecule has 0 aromatic carbocycles. The second-order valence-corrected chi connectivity index (χ2v) is 2.62. The van der Waals surface area contributed by atoms with Crippen LogP contribution >= 0.6 is 0 Å². The molecule has 0 radical (unpaired) electrons. The van der Waals surface area contributed by atoms with Gasteiger partial charge in [0.2, 0.25) is 0 Å². The number of halogens is 3. The Bertz CT molecular complexity index is 261. The van der Waals surface area contributed by atoms with Crippen molar-refractivity contribution in [3.05, 3.63) is 30.6 Å². The summed E-state index contributed by atoms with van der Waals surface area (Å²) in [5.74, 6) is -1.23. The van der Waals surface area contributed by atoms with Crippen molar-refractivity contribution in [1.29, 1.82) is 0 Å². The van der Waals surface area contributed by atoms with Gasteiger partial charge in [-0.2, -0.15) is 13.2 Å². The van der Waals surface area contributed by atoms with Crippen LogP contribution in [0.5, 0.6) is 0 Å². The van der Waals surface area contributed by atoms with Gasteiger partial charge in [0.05, 0.1) is 6.61 Å². The van der Waals surface area contributed by atoms with Gasteiger partial charge in [0.15, 0.2) is 0 Å². The second-order valence-electron chi connectivity index (χ2n) is 2.62. The second kappa shape index (κ2) is 7.67. The summed E-state index contributed by atoms with van der Waals surface area (Å²) in [6.07, 6.45) is -2.45. The number of ether oxygens (including phenoxy) is 1. The molecule has 1 aromatic rings. The van der Waals surface area contributed by atoms with Crippen molar-refractivity contribution in [2.45, 2.75) is 19.5 Å². The number of rotatable bonds is 2. The lowest BCUT2D eigenvalue weighted by molar-refractivity contribution is -0.170. The van der Waals surface area contributed by atoms with E-state index in [-0.39, 0.29) is 6.61 Å². The van der Waals surface area contributed by atoms with Gasteiger partial charge in [-0.15, -0.1) is 0 Å². The molecule has 0 unspecified atom stereocenters. The zero-order valence-electron chi connectivity index (χ0n) is 8.70. The lowest BCUT2D eigenvalue weighted by Crippen LogP contribution is -2.16. The Kier molecular flexibility index (Phi) is 6.91. The van der Waals surface area contributed by atoms with Crippen LogP contribution in [0.4, 0.5) is 13.2 Å². The fourth-order valence-corrected chi connectivity index (χ4v) is 0.688. The van der Waals surface area contributed by atoms with Crippen molar-refractivity contribution < 1.29 is 22.7 Å². The van der Waals surface area contributed by atoms with Gasteiger partial charge in [0, 0.05) is 12.4 Å². The monoisotopic (exact) mass is 235 g/mol. The summed E-state index contributed by atoms with van der Waals surface area (Å²) in [5.41, 5.74) is 0. The fraction of sp³-hybridized carbons (Fsp3) is 0.400. The molecule has 0 saturated carbocycles. The first-order valence-electron chi connectivity index (χ1n) is 4.53. The molecule has 1 heterocycles. The van der Waals surface area contributed by atoms with Gasteiger partial charge in [-0.1, -0.05) is 6.07 Å². The number of hydrogen-bond acceptors (Lipinski definition) is 3. The Morgan fingerprint density at radius 2 is 1.81 bits per heavy atom. The summed E-state index contributed by atoms with van der Waals surface area (Å²) in [6.45, 7) is 1.43. The van der Waals surface area contributed by atoms with E-state index in [2.05, 4.69) is 9.72 Å². The molecule has 0 aliphatic heterocycles. The van der Waals surface area contributed by atoms with Gasteiger partial charge in [0.1, 0.15) is 6.42 Å². The molecule has 1 rings (SSSR count). The van der Waals surface area contributed by atoms with Gasteiger partial charge < -0.3 is 4.74 Å². The molecular formula is C10H12F3NO2. The lowest BCUT2D eigenvalue weighted by Gasteiger charge is -2.04. The molecule has 0 amide bonds. The molecule has 0 bridgehead atoms. The van der Waals surface area contributed by atoms with E-state index in [1.165, 1.54) is 6.92 Å². The van der Waals surface area contributed by atoms with Gasteiger partial charge in [-0.3, -0.25) is 9.78 Å². The van der Waals surface area contributed by atoms with Gasteiger partial charge in [-0.25, -0.2) is 0 Å². The van der Waals surface area contributed by atoms with Gasteiger partial charge >= 0.3 is 12.1 Å². The van der Waals surface area contributed by atoms with Crippen molar-refractivity contribution in [3.8, 4) is 0 Å². The predicted molar refractivity (Wildman–Crippen MR) is 51.5 cm³/mol. The number of carbonyl (C=O) groups excluding carboxylic acids is 1. The molecule has 0 aliphatic rings. The zero-order valence-corrected chi connectivity index (χ0v) is 8.70. The van der Waals surface area contributed by atoms with E-state index in [1.807, 2.05) is 18.2 Å². The van der Waals surface area contributed by atoms with E-state index in [0.717, 1.165) is 0 Å². The van der Waals surface area contributed by atoms with Crippen LogP contribution in [0.1, 0.15) is 13.3 Å². The van der Waals surface area contributed by atoms with E-state index >= 15 is 0 Å². The van der Waals surface area contributed by atoms with Crippen LogP contribution in [-0.2, 0) is 9.53 Å². The van der Waals surface area contributed by atoms with Crippen molar-refractivity contribution in [2.24, 2.45) is 0 Å². The Morgan fingerprint density at radius 1 is 1.25 bits per heavy atom. The maximum atomic E-state index is 11.3. The molecule has 6 heteroatoms. The largest absolute Gasteiger partial charge is 0.466 e. The van der Waals surface area contributed by atoms with Crippen LogP contribution in [0.25, 0.3) is 0 Å². The third kappa shape index (κ3) is 10.5. The van der Waals surface area contributed by atoms with Crippen molar-refractivity contribution >= 4 is 5.97 Å². The quantitative estimate of drug-likeness (QED) is 0.739. The SMILES string of the molecule is CCOC(=O)CC(F)(F)F.c1ccncc1. The zero-order chi connectivity index (χ0) is 12.4. The molecule has 0 atom stereocenters. The number of esters is 1. The van der Waals surface area contributed by atoms with Crippen molar-refractivity contribution in [2.75, 3.05) is 6.61 Å². The number of pyridine rings is 1. The standard InChI is InChI=1S/C5H7F3O2.C5H5N/c1-2-10-4(9)3-5(6,7)8;1-2-4-6-5-3-1/h2-3H2,1H3;1-5H. The predicted octanol–water partition coefficient (Wildman–Crippen LogP) is 2.58. The maximum Gasteiger partial charge on any atom is 0.399 e. The highest BCUT2D eigenvalue weighted by Crippen LogP contribution is 2.19. The molecule has 0 aliphatic carbocycles. The van der Waals surface area contributed by atoms with Crippen LogP contribution in [0.15, 0.2) is 30.6 Å². The molecule has 0 N–H and O–H groups in total. The number of nitrogens with zero attached hydrogens (tertiary/aromatic N) is 1. The van der Waals surface area contributed by atoms with Gasteiger partial charge in [0.25, 0.3) is 0 Å². The highest BCUT2D eigenvalue weighted by molar-refractivity contribution is 5.70. The molecule has 1 aromatic heterocycles. The van der Waals surface area contributed by atoms with E-state index < -0.39 is 18.6 Å². The number of carbonyl (C=O) groups is 1. The number of aromatic nitrogens is 1.